The number of esters is 1. The molecule has 0 N–H and O–H groups in total. The van der Waals surface area contributed by atoms with Crippen LogP contribution >= 0.6 is 31.9 Å². The van der Waals surface area contributed by atoms with Crippen LogP contribution in [0.1, 0.15) is 16.7 Å². The fourth-order valence-corrected chi connectivity index (χ4v) is 4.78. The van der Waals surface area contributed by atoms with Gasteiger partial charge in [0.25, 0.3) is 0 Å². The van der Waals surface area contributed by atoms with Crippen molar-refractivity contribution in [3.8, 4) is 11.5 Å². The van der Waals surface area contributed by atoms with Crippen molar-refractivity contribution in [2.45, 2.75) is 6.61 Å². The second kappa shape index (κ2) is 10.1. The fourth-order valence-electron chi connectivity index (χ4n) is 3.76. The summed E-state index contributed by atoms with van der Waals surface area (Å²) in [6, 6.07) is 25.4. The van der Waals surface area contributed by atoms with Crippen LogP contribution in [0, 0.1) is 0 Å². The number of ether oxygens (including phenoxy) is 3. The standard InChI is InChI=1S/C28H19Br2NO4/c1-33-25-14-18(12-23(30)26(25)34-16-17-5-4-8-22(29)11-17)13-24-28(32)35-27(31-24)21-10-9-19-6-2-3-7-20(19)15-21/h2-15H,16H2,1H3/b24-13-. The summed E-state index contributed by atoms with van der Waals surface area (Å²) < 4.78 is 18.7. The number of methoxy groups -OCH3 is 1. The first-order valence-corrected chi connectivity index (χ1v) is 12.4. The predicted molar refractivity (Wildman–Crippen MR) is 144 cm³/mol. The van der Waals surface area contributed by atoms with E-state index in [1.165, 1.54) is 0 Å². The van der Waals surface area contributed by atoms with E-state index in [2.05, 4.69) is 36.9 Å². The molecule has 0 fully saturated rings. The zero-order chi connectivity index (χ0) is 24.4. The van der Waals surface area contributed by atoms with Gasteiger partial charge in [-0.3, -0.25) is 0 Å². The highest BCUT2D eigenvalue weighted by Gasteiger charge is 2.24. The summed E-state index contributed by atoms with van der Waals surface area (Å²) >= 11 is 7.04. The number of carbonyl (C=O) groups excluding carboxylic acids is 1. The third-order valence-corrected chi connectivity index (χ3v) is 6.53. The van der Waals surface area contributed by atoms with Gasteiger partial charge in [0.1, 0.15) is 6.61 Å². The van der Waals surface area contributed by atoms with Gasteiger partial charge in [0.2, 0.25) is 5.90 Å². The minimum atomic E-state index is -0.502. The summed E-state index contributed by atoms with van der Waals surface area (Å²) in [5.41, 5.74) is 2.70. The van der Waals surface area contributed by atoms with Crippen molar-refractivity contribution in [1.29, 1.82) is 0 Å². The van der Waals surface area contributed by atoms with E-state index in [0.29, 0.717) is 22.6 Å². The molecule has 7 heteroatoms. The molecule has 35 heavy (non-hydrogen) atoms. The monoisotopic (exact) mass is 591 g/mol. The summed E-state index contributed by atoms with van der Waals surface area (Å²) in [6.07, 6.45) is 1.67. The molecule has 174 valence electrons. The smallest absolute Gasteiger partial charge is 0.363 e. The summed E-state index contributed by atoms with van der Waals surface area (Å²) in [5.74, 6) is 0.889. The molecule has 0 amide bonds. The molecule has 0 aliphatic carbocycles. The number of hydrogen-bond acceptors (Lipinski definition) is 5. The third kappa shape index (κ3) is 5.16. The molecule has 0 spiro atoms. The van der Waals surface area contributed by atoms with E-state index in [1.54, 1.807) is 19.3 Å². The maximum absolute atomic E-state index is 12.5. The molecule has 1 heterocycles. The fraction of sp³-hybridized carbons (Fsp3) is 0.0714. The number of halogens is 2. The Hall–Kier alpha value is -3.42. The maximum atomic E-state index is 12.5. The highest BCUT2D eigenvalue weighted by molar-refractivity contribution is 9.10. The highest BCUT2D eigenvalue weighted by atomic mass is 79.9. The molecule has 5 rings (SSSR count). The number of cyclic esters (lactones) is 1. The van der Waals surface area contributed by atoms with Gasteiger partial charge in [-0.15, -0.1) is 0 Å². The number of fused-ring (bicyclic) bond motifs is 1. The first kappa shape index (κ1) is 23.3. The van der Waals surface area contributed by atoms with E-state index >= 15 is 0 Å². The molecule has 4 aromatic rings. The van der Waals surface area contributed by atoms with Crippen LogP contribution in [0.3, 0.4) is 0 Å². The first-order chi connectivity index (χ1) is 17.0. The van der Waals surface area contributed by atoms with Gasteiger partial charge in [0.05, 0.1) is 11.6 Å². The van der Waals surface area contributed by atoms with Crippen molar-refractivity contribution < 1.29 is 19.0 Å². The van der Waals surface area contributed by atoms with Crippen LogP contribution in [0.5, 0.6) is 11.5 Å². The molecule has 4 aromatic carbocycles. The van der Waals surface area contributed by atoms with Crippen LogP contribution in [-0.4, -0.2) is 19.0 Å². The molecule has 5 nitrogen and oxygen atoms in total. The second-order valence-electron chi connectivity index (χ2n) is 7.85. The number of hydrogen-bond donors (Lipinski definition) is 0. The molecule has 0 saturated carbocycles. The first-order valence-electron chi connectivity index (χ1n) is 10.8. The van der Waals surface area contributed by atoms with Crippen LogP contribution < -0.4 is 9.47 Å². The Bertz CT molecular complexity index is 1510. The van der Waals surface area contributed by atoms with E-state index < -0.39 is 5.97 Å². The average molecular weight is 593 g/mol. The zero-order valence-corrected chi connectivity index (χ0v) is 21.8. The number of carbonyl (C=O) groups is 1. The lowest BCUT2D eigenvalue weighted by molar-refractivity contribution is -0.129. The normalized spacial score (nSPS) is 14.2. The zero-order valence-electron chi connectivity index (χ0n) is 18.6. The maximum Gasteiger partial charge on any atom is 0.363 e. The number of aliphatic imine (C=N–C) groups is 1. The minimum Gasteiger partial charge on any atom is -0.493 e. The molecular formula is C28H19Br2NO4. The quantitative estimate of drug-likeness (QED) is 0.174. The molecular weight excluding hydrogens is 574 g/mol. The second-order valence-corrected chi connectivity index (χ2v) is 9.62. The largest absolute Gasteiger partial charge is 0.493 e. The third-order valence-electron chi connectivity index (χ3n) is 5.44. The lowest BCUT2D eigenvalue weighted by Crippen LogP contribution is -2.05. The molecule has 1 aliphatic heterocycles. The van der Waals surface area contributed by atoms with E-state index in [-0.39, 0.29) is 11.6 Å². The Morgan fingerprint density at radius 3 is 2.57 bits per heavy atom. The Balaban J connectivity index is 1.41. The van der Waals surface area contributed by atoms with E-state index in [0.717, 1.165) is 31.9 Å². The number of nitrogens with zero attached hydrogens (tertiary/aromatic N) is 1. The topological polar surface area (TPSA) is 57.1 Å². The molecule has 0 radical (unpaired) electrons. The van der Waals surface area contributed by atoms with Crippen molar-refractivity contribution in [1.82, 2.24) is 0 Å². The average Bonchev–Trinajstić information content (AvgIpc) is 3.22. The minimum absolute atomic E-state index is 0.213. The summed E-state index contributed by atoms with van der Waals surface area (Å²) in [7, 11) is 1.57. The Morgan fingerprint density at radius 2 is 1.77 bits per heavy atom. The Labute approximate surface area is 219 Å². The van der Waals surface area contributed by atoms with Gasteiger partial charge < -0.3 is 14.2 Å². The molecule has 0 unspecified atom stereocenters. The van der Waals surface area contributed by atoms with Crippen molar-refractivity contribution in [2.75, 3.05) is 7.11 Å². The summed E-state index contributed by atoms with van der Waals surface area (Å²) in [6.45, 7) is 0.376. The van der Waals surface area contributed by atoms with Crippen LogP contribution in [0.15, 0.2) is 98.5 Å². The van der Waals surface area contributed by atoms with Crippen molar-refractivity contribution in [2.24, 2.45) is 4.99 Å². The van der Waals surface area contributed by atoms with Crippen LogP contribution in [0.4, 0.5) is 0 Å². The van der Waals surface area contributed by atoms with Gasteiger partial charge in [0.15, 0.2) is 17.2 Å². The molecule has 0 bridgehead atoms. The SMILES string of the molecule is COc1cc(/C=C2\N=C(c3ccc4ccccc4c3)OC2=O)cc(Br)c1OCc1cccc(Br)c1. The molecule has 0 atom stereocenters. The van der Waals surface area contributed by atoms with E-state index in [1.807, 2.05) is 72.8 Å². The molecule has 0 saturated heterocycles. The van der Waals surface area contributed by atoms with E-state index in [4.69, 9.17) is 14.2 Å². The van der Waals surface area contributed by atoms with Crippen molar-refractivity contribution in [3.05, 3.63) is 110 Å². The van der Waals surface area contributed by atoms with Crippen LogP contribution in [0.25, 0.3) is 16.8 Å². The van der Waals surface area contributed by atoms with Gasteiger partial charge in [0, 0.05) is 10.0 Å². The summed E-state index contributed by atoms with van der Waals surface area (Å²) in [4.78, 5) is 17.0. The van der Waals surface area contributed by atoms with Gasteiger partial charge >= 0.3 is 5.97 Å². The van der Waals surface area contributed by atoms with Crippen LogP contribution in [0.2, 0.25) is 0 Å². The number of rotatable bonds is 6. The lowest BCUT2D eigenvalue weighted by atomic mass is 10.1. The molecule has 1 aliphatic rings. The lowest BCUT2D eigenvalue weighted by Gasteiger charge is -2.14. The van der Waals surface area contributed by atoms with Crippen LogP contribution in [-0.2, 0) is 16.1 Å². The van der Waals surface area contributed by atoms with E-state index in [9.17, 15) is 4.79 Å². The van der Waals surface area contributed by atoms with Gasteiger partial charge in [-0.2, -0.15) is 0 Å². The van der Waals surface area contributed by atoms with Gasteiger partial charge in [-0.1, -0.05) is 58.4 Å². The number of benzene rings is 4. The highest BCUT2D eigenvalue weighted by Crippen LogP contribution is 2.38. The Kier molecular flexibility index (Phi) is 6.70. The van der Waals surface area contributed by atoms with Gasteiger partial charge in [-0.05, 0) is 80.3 Å². The summed E-state index contributed by atoms with van der Waals surface area (Å²) in [5, 5.41) is 2.16. The molecule has 0 aromatic heterocycles. The van der Waals surface area contributed by atoms with Crippen molar-refractivity contribution in [3.63, 3.8) is 0 Å². The predicted octanol–water partition coefficient (Wildman–Crippen LogP) is 7.30. The Morgan fingerprint density at radius 1 is 0.943 bits per heavy atom. The van der Waals surface area contributed by atoms with Gasteiger partial charge in [-0.25, -0.2) is 9.79 Å². The van der Waals surface area contributed by atoms with Crippen molar-refractivity contribution >= 4 is 60.6 Å².